The molecule has 0 radical (unpaired) electrons. The third-order valence-corrected chi connectivity index (χ3v) is 5.06. The zero-order chi connectivity index (χ0) is 13.9. The summed E-state index contributed by atoms with van der Waals surface area (Å²) in [4.78, 5) is 38.4. The van der Waals surface area contributed by atoms with Gasteiger partial charge in [-0.2, -0.15) is 0 Å². The van der Waals surface area contributed by atoms with E-state index in [9.17, 15) is 14.4 Å². The normalized spacial score (nSPS) is 35.0. The molecule has 1 aliphatic heterocycles. The Kier molecular flexibility index (Phi) is 2.37. The lowest BCUT2D eigenvalue weighted by atomic mass is 9.81. The van der Waals surface area contributed by atoms with Crippen molar-refractivity contribution in [1.82, 2.24) is 4.90 Å². The first-order chi connectivity index (χ1) is 9.68. The summed E-state index contributed by atoms with van der Waals surface area (Å²) in [5.74, 6) is -1.23. The molecule has 2 saturated carbocycles. The summed E-state index contributed by atoms with van der Waals surface area (Å²) in [6.45, 7) is 0.332. The van der Waals surface area contributed by atoms with Gasteiger partial charge in [0.05, 0.1) is 18.4 Å². The molecule has 0 aromatic heterocycles. The van der Waals surface area contributed by atoms with Crippen LogP contribution in [0.15, 0.2) is 30.3 Å². The largest absolute Gasteiger partial charge is 0.299 e. The van der Waals surface area contributed by atoms with Crippen molar-refractivity contribution in [2.24, 2.45) is 23.7 Å². The Morgan fingerprint density at radius 3 is 2.00 bits per heavy atom. The fourth-order valence-electron chi connectivity index (χ4n) is 4.17. The van der Waals surface area contributed by atoms with Crippen molar-refractivity contribution in [2.45, 2.75) is 19.4 Å². The summed E-state index contributed by atoms with van der Waals surface area (Å²) < 4.78 is 0. The van der Waals surface area contributed by atoms with Crippen LogP contribution in [0.5, 0.6) is 0 Å². The molecule has 1 saturated heterocycles. The molecule has 4 heteroatoms. The average Bonchev–Trinajstić information content (AvgIpc) is 3.05. The van der Waals surface area contributed by atoms with Crippen LogP contribution in [0.3, 0.4) is 0 Å². The molecule has 0 spiro atoms. The molecule has 3 fully saturated rings. The van der Waals surface area contributed by atoms with Crippen LogP contribution in [0.2, 0.25) is 0 Å². The molecule has 20 heavy (non-hydrogen) atoms. The third kappa shape index (κ3) is 1.39. The highest BCUT2D eigenvalue weighted by atomic mass is 16.2. The number of carbonyl (C=O) groups is 3. The second-order valence-electron chi connectivity index (χ2n) is 5.99. The summed E-state index contributed by atoms with van der Waals surface area (Å²) >= 11 is 0. The van der Waals surface area contributed by atoms with Gasteiger partial charge in [0.2, 0.25) is 11.8 Å². The minimum atomic E-state index is -0.363. The smallest absolute Gasteiger partial charge is 0.234 e. The molecule has 4 rings (SSSR count). The number of fused-ring (bicyclic) bond motifs is 5. The predicted octanol–water partition coefficient (Wildman–Crippen LogP) is 1.40. The quantitative estimate of drug-likeness (QED) is 0.762. The first-order valence-electron chi connectivity index (χ1n) is 7.11. The van der Waals surface area contributed by atoms with Crippen LogP contribution in [0, 0.1) is 23.7 Å². The molecule has 1 aromatic rings. The van der Waals surface area contributed by atoms with Gasteiger partial charge in [-0.05, 0) is 18.4 Å². The maximum atomic E-state index is 12.5. The molecule has 0 unspecified atom stereocenters. The summed E-state index contributed by atoms with van der Waals surface area (Å²) in [5, 5.41) is 0. The summed E-state index contributed by atoms with van der Waals surface area (Å²) in [6.07, 6.45) is 1.56. The topological polar surface area (TPSA) is 54.5 Å². The third-order valence-electron chi connectivity index (χ3n) is 5.06. The lowest BCUT2D eigenvalue weighted by Gasteiger charge is -2.17. The average molecular weight is 269 g/mol. The van der Waals surface area contributed by atoms with Crippen LogP contribution in [-0.2, 0) is 20.9 Å². The van der Waals surface area contributed by atoms with E-state index in [1.807, 2.05) is 30.3 Å². The molecule has 0 N–H and O–H groups in total. The van der Waals surface area contributed by atoms with E-state index in [1.165, 1.54) is 4.90 Å². The van der Waals surface area contributed by atoms with Crippen LogP contribution < -0.4 is 0 Å². The summed E-state index contributed by atoms with van der Waals surface area (Å²) in [7, 11) is 0. The van der Waals surface area contributed by atoms with E-state index in [1.54, 1.807) is 0 Å². The van der Waals surface area contributed by atoms with Gasteiger partial charge in [-0.15, -0.1) is 0 Å². The van der Waals surface area contributed by atoms with Gasteiger partial charge in [-0.25, -0.2) is 0 Å². The van der Waals surface area contributed by atoms with Crippen LogP contribution in [0.4, 0.5) is 0 Å². The molecule has 1 aromatic carbocycles. The molecule has 1 heterocycles. The highest BCUT2D eigenvalue weighted by Gasteiger charge is 2.65. The Bertz CT molecular complexity index is 577. The van der Waals surface area contributed by atoms with Gasteiger partial charge >= 0.3 is 0 Å². The Hall–Kier alpha value is -1.97. The SMILES string of the molecule is O=C1[C@H]2CC[C@@H]1[C@H]1C(=O)N(Cc3ccccc3)C(=O)[C@H]12. The summed E-state index contributed by atoms with van der Waals surface area (Å²) in [5.41, 5.74) is 0.952. The first-order valence-corrected chi connectivity index (χ1v) is 7.11. The monoisotopic (exact) mass is 269 g/mol. The van der Waals surface area contributed by atoms with Crippen molar-refractivity contribution in [2.75, 3.05) is 0 Å². The van der Waals surface area contributed by atoms with E-state index in [2.05, 4.69) is 0 Å². The number of imide groups is 1. The number of Topliss-reactive ketones (excluding diaryl/α,β-unsaturated/α-hetero) is 1. The minimum absolute atomic E-state index is 0.135. The minimum Gasteiger partial charge on any atom is -0.299 e. The molecule has 3 aliphatic rings. The number of benzene rings is 1. The molecular formula is C16H15NO3. The number of rotatable bonds is 2. The van der Waals surface area contributed by atoms with Gasteiger partial charge in [0, 0.05) is 11.8 Å². The Morgan fingerprint density at radius 1 is 0.900 bits per heavy atom. The Morgan fingerprint density at radius 2 is 1.45 bits per heavy atom. The predicted molar refractivity (Wildman–Crippen MR) is 70.2 cm³/mol. The molecule has 2 aliphatic carbocycles. The van der Waals surface area contributed by atoms with Crippen molar-refractivity contribution < 1.29 is 14.4 Å². The lowest BCUT2D eigenvalue weighted by Crippen LogP contribution is -2.33. The van der Waals surface area contributed by atoms with E-state index in [0.29, 0.717) is 6.54 Å². The number of hydrogen-bond acceptors (Lipinski definition) is 3. The molecule has 4 atom stereocenters. The Labute approximate surface area is 116 Å². The van der Waals surface area contributed by atoms with Gasteiger partial charge in [-0.1, -0.05) is 30.3 Å². The molecular weight excluding hydrogens is 254 g/mol. The van der Waals surface area contributed by atoms with Gasteiger partial charge < -0.3 is 0 Å². The number of amides is 2. The van der Waals surface area contributed by atoms with Crippen molar-refractivity contribution >= 4 is 17.6 Å². The van der Waals surface area contributed by atoms with Crippen LogP contribution in [-0.4, -0.2) is 22.5 Å². The van der Waals surface area contributed by atoms with E-state index >= 15 is 0 Å². The fraction of sp³-hybridized carbons (Fsp3) is 0.438. The van der Waals surface area contributed by atoms with E-state index in [0.717, 1.165) is 18.4 Å². The highest BCUT2D eigenvalue weighted by molar-refractivity contribution is 6.12. The van der Waals surface area contributed by atoms with Crippen molar-refractivity contribution in [1.29, 1.82) is 0 Å². The second kappa shape index (κ2) is 4.01. The highest BCUT2D eigenvalue weighted by Crippen LogP contribution is 2.54. The van der Waals surface area contributed by atoms with Gasteiger partial charge in [-0.3, -0.25) is 19.3 Å². The molecule has 2 bridgehead atoms. The number of carbonyl (C=O) groups excluding carboxylic acids is 3. The van der Waals surface area contributed by atoms with Crippen molar-refractivity contribution in [3.8, 4) is 0 Å². The van der Waals surface area contributed by atoms with Crippen LogP contribution >= 0.6 is 0 Å². The maximum Gasteiger partial charge on any atom is 0.234 e. The molecule has 102 valence electrons. The van der Waals surface area contributed by atoms with Gasteiger partial charge in [0.25, 0.3) is 0 Å². The van der Waals surface area contributed by atoms with Crippen molar-refractivity contribution in [3.05, 3.63) is 35.9 Å². The standard InChI is InChI=1S/C16H15NO3/c18-14-10-6-7-11(14)13-12(10)15(19)17(16(13)20)8-9-4-2-1-3-5-9/h1-5,10-13H,6-8H2/t10-,11+,12-,13+. The Balaban J connectivity index is 1.64. The van der Waals surface area contributed by atoms with E-state index in [-0.39, 0.29) is 41.3 Å². The van der Waals surface area contributed by atoms with Crippen molar-refractivity contribution in [3.63, 3.8) is 0 Å². The fourth-order valence-corrected chi connectivity index (χ4v) is 4.17. The summed E-state index contributed by atoms with van der Waals surface area (Å²) in [6, 6.07) is 9.52. The number of hydrogen-bond donors (Lipinski definition) is 0. The second-order valence-corrected chi connectivity index (χ2v) is 5.99. The number of nitrogens with zero attached hydrogens (tertiary/aromatic N) is 1. The molecule has 4 nitrogen and oxygen atoms in total. The number of ketones is 1. The van der Waals surface area contributed by atoms with Crippen LogP contribution in [0.25, 0.3) is 0 Å². The van der Waals surface area contributed by atoms with E-state index in [4.69, 9.17) is 0 Å². The van der Waals surface area contributed by atoms with Gasteiger partial charge in [0.1, 0.15) is 5.78 Å². The maximum absolute atomic E-state index is 12.5. The van der Waals surface area contributed by atoms with Gasteiger partial charge in [0.15, 0.2) is 0 Å². The zero-order valence-electron chi connectivity index (χ0n) is 11.0. The molecule has 2 amide bonds. The lowest BCUT2D eigenvalue weighted by molar-refractivity contribution is -0.143. The van der Waals surface area contributed by atoms with E-state index < -0.39 is 0 Å². The first kappa shape index (κ1) is 11.8. The zero-order valence-corrected chi connectivity index (χ0v) is 11.0. The number of likely N-dealkylation sites (tertiary alicyclic amines) is 1. The van der Waals surface area contributed by atoms with Crippen LogP contribution in [0.1, 0.15) is 18.4 Å².